The van der Waals surface area contributed by atoms with Gasteiger partial charge in [0.2, 0.25) is 0 Å². The topological polar surface area (TPSA) is 50.9 Å². The van der Waals surface area contributed by atoms with Crippen LogP contribution in [0.4, 0.5) is 5.82 Å². The van der Waals surface area contributed by atoms with E-state index in [0.29, 0.717) is 17.8 Å². The lowest BCUT2D eigenvalue weighted by Crippen LogP contribution is -2.36. The molecule has 90 valence electrons. The molecule has 0 aromatic carbocycles. The Hall–Kier alpha value is -1.09. The molecule has 1 rings (SSSR count). The minimum absolute atomic E-state index is 0.516. The molecule has 1 atom stereocenters. The second-order valence-electron chi connectivity index (χ2n) is 4.60. The maximum absolute atomic E-state index is 5.68. The van der Waals surface area contributed by atoms with Gasteiger partial charge in [0.1, 0.15) is 5.82 Å². The third-order valence-corrected chi connectivity index (χ3v) is 2.76. The third kappa shape index (κ3) is 4.19. The molecule has 1 aromatic rings. The molecule has 16 heavy (non-hydrogen) atoms. The highest BCUT2D eigenvalue weighted by atomic mass is 14.9. The van der Waals surface area contributed by atoms with Gasteiger partial charge in [-0.15, -0.1) is 0 Å². The molecule has 0 spiro atoms. The van der Waals surface area contributed by atoms with Crippen LogP contribution >= 0.6 is 0 Å². The predicted molar refractivity (Wildman–Crippen MR) is 69.3 cm³/mol. The molecule has 0 amide bonds. The van der Waals surface area contributed by atoms with Gasteiger partial charge in [-0.05, 0) is 43.0 Å². The van der Waals surface area contributed by atoms with Gasteiger partial charge in [0, 0.05) is 12.2 Å². The number of hydrogen-bond donors (Lipinski definition) is 2. The van der Waals surface area contributed by atoms with Crippen molar-refractivity contribution in [3.63, 3.8) is 0 Å². The van der Waals surface area contributed by atoms with Crippen LogP contribution in [-0.2, 0) is 6.42 Å². The Balaban J connectivity index is 2.60. The average Bonchev–Trinajstić information content (AvgIpc) is 2.24. The van der Waals surface area contributed by atoms with Crippen molar-refractivity contribution in [1.29, 1.82) is 0 Å². The van der Waals surface area contributed by atoms with Crippen LogP contribution in [0.2, 0.25) is 0 Å². The van der Waals surface area contributed by atoms with Crippen molar-refractivity contribution in [3.8, 4) is 0 Å². The van der Waals surface area contributed by atoms with E-state index in [1.165, 1.54) is 12.0 Å². The zero-order chi connectivity index (χ0) is 12.0. The van der Waals surface area contributed by atoms with Gasteiger partial charge in [0.15, 0.2) is 0 Å². The van der Waals surface area contributed by atoms with Crippen LogP contribution in [0.15, 0.2) is 18.3 Å². The van der Waals surface area contributed by atoms with Crippen LogP contribution < -0.4 is 11.1 Å². The summed E-state index contributed by atoms with van der Waals surface area (Å²) in [5.74, 6) is 1.23. The van der Waals surface area contributed by atoms with Crippen LogP contribution in [-0.4, -0.2) is 17.6 Å². The number of nitrogens with one attached hydrogen (secondary N) is 1. The van der Waals surface area contributed by atoms with Crippen molar-refractivity contribution in [2.45, 2.75) is 39.7 Å². The first-order chi connectivity index (χ1) is 7.63. The highest BCUT2D eigenvalue weighted by Gasteiger charge is 2.12. The third-order valence-electron chi connectivity index (χ3n) is 2.76. The second-order valence-corrected chi connectivity index (χ2v) is 4.60. The molecule has 1 aromatic heterocycles. The summed E-state index contributed by atoms with van der Waals surface area (Å²) in [5.41, 5.74) is 6.94. The van der Waals surface area contributed by atoms with Crippen molar-refractivity contribution in [2.75, 3.05) is 12.3 Å². The molecule has 3 N–H and O–H groups in total. The van der Waals surface area contributed by atoms with Gasteiger partial charge >= 0.3 is 0 Å². The largest absolute Gasteiger partial charge is 0.384 e. The monoisotopic (exact) mass is 221 g/mol. The van der Waals surface area contributed by atoms with E-state index in [2.05, 4.69) is 31.1 Å². The van der Waals surface area contributed by atoms with E-state index in [4.69, 9.17) is 5.73 Å². The SMILES string of the molecule is CCCNC(Cc1ccnc(N)c1)C(C)C. The van der Waals surface area contributed by atoms with Gasteiger partial charge in [0.25, 0.3) is 0 Å². The van der Waals surface area contributed by atoms with Crippen LogP contribution in [0.1, 0.15) is 32.8 Å². The molecule has 0 aliphatic rings. The number of nitrogens with two attached hydrogens (primary N) is 1. The molecular formula is C13H23N3. The molecule has 0 fully saturated rings. The van der Waals surface area contributed by atoms with Crippen molar-refractivity contribution >= 4 is 5.82 Å². The molecule has 3 nitrogen and oxygen atoms in total. The molecule has 3 heteroatoms. The van der Waals surface area contributed by atoms with Gasteiger partial charge in [-0.25, -0.2) is 4.98 Å². The van der Waals surface area contributed by atoms with E-state index in [0.717, 1.165) is 13.0 Å². The molecule has 0 saturated heterocycles. The molecule has 0 aliphatic carbocycles. The zero-order valence-electron chi connectivity index (χ0n) is 10.5. The van der Waals surface area contributed by atoms with Crippen LogP contribution in [0.25, 0.3) is 0 Å². The number of aromatic nitrogens is 1. The van der Waals surface area contributed by atoms with E-state index in [1.807, 2.05) is 12.1 Å². The minimum atomic E-state index is 0.516. The first-order valence-electron chi connectivity index (χ1n) is 6.07. The summed E-state index contributed by atoms with van der Waals surface area (Å²) in [5, 5.41) is 3.58. The van der Waals surface area contributed by atoms with Gasteiger partial charge in [-0.2, -0.15) is 0 Å². The molecule has 1 heterocycles. The fourth-order valence-electron chi connectivity index (χ4n) is 1.75. The fourth-order valence-corrected chi connectivity index (χ4v) is 1.75. The lowest BCUT2D eigenvalue weighted by atomic mass is 9.97. The fraction of sp³-hybridized carbons (Fsp3) is 0.615. The summed E-state index contributed by atoms with van der Waals surface area (Å²) >= 11 is 0. The normalized spacial score (nSPS) is 13.0. The van der Waals surface area contributed by atoms with Gasteiger partial charge in [-0.1, -0.05) is 20.8 Å². The summed E-state index contributed by atoms with van der Waals surface area (Å²) in [6.07, 6.45) is 3.97. The maximum atomic E-state index is 5.68. The van der Waals surface area contributed by atoms with Gasteiger partial charge in [-0.3, -0.25) is 0 Å². The highest BCUT2D eigenvalue weighted by Crippen LogP contribution is 2.11. The number of nitrogen functional groups attached to an aromatic ring is 1. The second kappa shape index (κ2) is 6.48. The van der Waals surface area contributed by atoms with Gasteiger partial charge in [0.05, 0.1) is 0 Å². The maximum Gasteiger partial charge on any atom is 0.123 e. The predicted octanol–water partition coefficient (Wildman–Crippen LogP) is 2.23. The van der Waals surface area contributed by atoms with Crippen molar-refractivity contribution < 1.29 is 0 Å². The molecule has 0 bridgehead atoms. The summed E-state index contributed by atoms with van der Waals surface area (Å²) in [4.78, 5) is 4.01. The summed E-state index contributed by atoms with van der Waals surface area (Å²) in [6.45, 7) is 7.76. The molecule has 0 aliphatic heterocycles. The number of pyridine rings is 1. The number of nitrogens with zero attached hydrogens (tertiary/aromatic N) is 1. The van der Waals surface area contributed by atoms with Crippen LogP contribution in [0, 0.1) is 5.92 Å². The Morgan fingerprint density at radius 1 is 1.44 bits per heavy atom. The Bertz CT molecular complexity index is 310. The molecule has 1 unspecified atom stereocenters. The van der Waals surface area contributed by atoms with E-state index < -0.39 is 0 Å². The first-order valence-corrected chi connectivity index (χ1v) is 6.07. The summed E-state index contributed by atoms with van der Waals surface area (Å²) in [6, 6.07) is 4.52. The minimum Gasteiger partial charge on any atom is -0.384 e. The Kier molecular flexibility index (Phi) is 5.26. The Labute approximate surface area is 98.5 Å². The molecule has 0 saturated carbocycles. The number of hydrogen-bond acceptors (Lipinski definition) is 3. The van der Waals surface area contributed by atoms with Crippen LogP contribution in [0.5, 0.6) is 0 Å². The average molecular weight is 221 g/mol. The standard InChI is InChI=1S/C13H23N3/c1-4-6-15-12(10(2)3)8-11-5-7-16-13(14)9-11/h5,7,9-10,12,15H,4,6,8H2,1-3H3,(H2,14,16). The zero-order valence-corrected chi connectivity index (χ0v) is 10.5. The van der Waals surface area contributed by atoms with E-state index in [-0.39, 0.29) is 0 Å². The van der Waals surface area contributed by atoms with E-state index >= 15 is 0 Å². The lowest BCUT2D eigenvalue weighted by Gasteiger charge is -2.22. The molecule has 0 radical (unpaired) electrons. The summed E-state index contributed by atoms with van der Waals surface area (Å²) < 4.78 is 0. The summed E-state index contributed by atoms with van der Waals surface area (Å²) in [7, 11) is 0. The number of anilines is 1. The number of rotatable bonds is 6. The van der Waals surface area contributed by atoms with Crippen molar-refractivity contribution in [3.05, 3.63) is 23.9 Å². The Morgan fingerprint density at radius 2 is 2.19 bits per heavy atom. The highest BCUT2D eigenvalue weighted by molar-refractivity contribution is 5.32. The van der Waals surface area contributed by atoms with Crippen LogP contribution in [0.3, 0.4) is 0 Å². The van der Waals surface area contributed by atoms with Crippen molar-refractivity contribution in [2.24, 2.45) is 5.92 Å². The smallest absolute Gasteiger partial charge is 0.123 e. The molecular weight excluding hydrogens is 198 g/mol. The lowest BCUT2D eigenvalue weighted by molar-refractivity contribution is 0.397. The Morgan fingerprint density at radius 3 is 2.75 bits per heavy atom. The first kappa shape index (κ1) is 13.0. The van der Waals surface area contributed by atoms with E-state index in [9.17, 15) is 0 Å². The van der Waals surface area contributed by atoms with Crippen molar-refractivity contribution in [1.82, 2.24) is 10.3 Å². The quantitative estimate of drug-likeness (QED) is 0.774. The van der Waals surface area contributed by atoms with Gasteiger partial charge < -0.3 is 11.1 Å². The van der Waals surface area contributed by atoms with E-state index in [1.54, 1.807) is 6.20 Å².